The van der Waals surface area contributed by atoms with E-state index < -0.39 is 0 Å². The van der Waals surface area contributed by atoms with Crippen molar-refractivity contribution in [3.05, 3.63) is 18.0 Å². The molecule has 1 aromatic heterocycles. The van der Waals surface area contributed by atoms with Crippen molar-refractivity contribution in [2.75, 3.05) is 6.61 Å². The van der Waals surface area contributed by atoms with Gasteiger partial charge in [-0.05, 0) is 44.4 Å². The molecule has 1 saturated heterocycles. The Morgan fingerprint density at radius 1 is 1.48 bits per heavy atom. The molecule has 1 N–H and O–H groups in total. The predicted molar refractivity (Wildman–Crippen MR) is 77.5 cm³/mol. The van der Waals surface area contributed by atoms with Crippen molar-refractivity contribution in [2.45, 2.75) is 51.3 Å². The Labute approximate surface area is 125 Å². The molecule has 4 rings (SSSR count). The molecule has 4 atom stereocenters. The van der Waals surface area contributed by atoms with E-state index >= 15 is 0 Å². The number of nitrogens with zero attached hydrogens (tertiary/aromatic N) is 2. The second-order valence-electron chi connectivity index (χ2n) is 6.67. The molecule has 0 bridgehead atoms. The van der Waals surface area contributed by atoms with Gasteiger partial charge >= 0.3 is 0 Å². The number of hydrogen-bond acceptors (Lipinski definition) is 3. The van der Waals surface area contributed by atoms with E-state index in [1.807, 2.05) is 17.1 Å². The molecule has 2 saturated carbocycles. The molecule has 2 heterocycles. The summed E-state index contributed by atoms with van der Waals surface area (Å²) in [5, 5.41) is 7.54. The molecule has 0 aromatic carbocycles. The maximum atomic E-state index is 12.4. The van der Waals surface area contributed by atoms with E-state index in [1.54, 1.807) is 0 Å². The molecule has 0 radical (unpaired) electrons. The standard InChI is InChI=1S/C16H23N3O2/c1-2-19-9-11(8-17-19)15-14(5-6-21-15)18-16(20)13-7-12(13)10-3-4-10/h8-10,12-15H,2-7H2,1H3,(H,18,20)/t12?,13?,14-,15+/m0/s1. The van der Waals surface area contributed by atoms with Gasteiger partial charge in [-0.3, -0.25) is 9.48 Å². The smallest absolute Gasteiger partial charge is 0.223 e. The summed E-state index contributed by atoms with van der Waals surface area (Å²) in [4.78, 5) is 12.4. The predicted octanol–water partition coefficient (Wildman–Crippen LogP) is 1.90. The van der Waals surface area contributed by atoms with E-state index in [4.69, 9.17) is 4.74 Å². The maximum absolute atomic E-state index is 12.4. The van der Waals surface area contributed by atoms with Crippen LogP contribution in [0.3, 0.4) is 0 Å². The van der Waals surface area contributed by atoms with E-state index in [2.05, 4.69) is 17.3 Å². The van der Waals surface area contributed by atoms with Gasteiger partial charge in [-0.25, -0.2) is 0 Å². The SMILES string of the molecule is CCn1cc([C@H]2OCC[C@@H]2NC(=O)C2CC2C2CC2)cn1. The van der Waals surface area contributed by atoms with E-state index in [9.17, 15) is 4.79 Å². The monoisotopic (exact) mass is 289 g/mol. The molecular formula is C16H23N3O2. The zero-order valence-corrected chi connectivity index (χ0v) is 12.5. The first-order valence-electron chi connectivity index (χ1n) is 8.20. The van der Waals surface area contributed by atoms with Crippen LogP contribution >= 0.6 is 0 Å². The summed E-state index contributed by atoms with van der Waals surface area (Å²) in [6, 6.07) is 0.104. The zero-order valence-electron chi connectivity index (χ0n) is 12.5. The summed E-state index contributed by atoms with van der Waals surface area (Å²) in [7, 11) is 0. The lowest BCUT2D eigenvalue weighted by Crippen LogP contribution is -2.38. The minimum Gasteiger partial charge on any atom is -0.371 e. The molecule has 2 unspecified atom stereocenters. The molecule has 1 amide bonds. The Morgan fingerprint density at radius 2 is 2.33 bits per heavy atom. The van der Waals surface area contributed by atoms with Gasteiger partial charge in [-0.15, -0.1) is 0 Å². The fourth-order valence-corrected chi connectivity index (χ4v) is 3.62. The fourth-order valence-electron chi connectivity index (χ4n) is 3.62. The molecule has 3 fully saturated rings. The van der Waals surface area contributed by atoms with Crippen LogP contribution in [0.25, 0.3) is 0 Å². The molecule has 21 heavy (non-hydrogen) atoms. The van der Waals surface area contributed by atoms with Gasteiger partial charge in [-0.2, -0.15) is 5.10 Å². The Morgan fingerprint density at radius 3 is 3.05 bits per heavy atom. The Kier molecular flexibility index (Phi) is 3.25. The number of carbonyl (C=O) groups excluding carboxylic acids is 1. The molecule has 1 aliphatic heterocycles. The highest BCUT2D eigenvalue weighted by molar-refractivity contribution is 5.82. The van der Waals surface area contributed by atoms with Gasteiger partial charge in [-0.1, -0.05) is 0 Å². The molecule has 1 aromatic rings. The first-order chi connectivity index (χ1) is 10.3. The van der Waals surface area contributed by atoms with Crippen molar-refractivity contribution >= 4 is 5.91 Å². The topological polar surface area (TPSA) is 56.1 Å². The molecule has 114 valence electrons. The van der Waals surface area contributed by atoms with Gasteiger partial charge in [0, 0.05) is 30.8 Å². The van der Waals surface area contributed by atoms with Crippen LogP contribution in [0, 0.1) is 17.8 Å². The van der Waals surface area contributed by atoms with Crippen LogP contribution in [0.4, 0.5) is 0 Å². The summed E-state index contributed by atoms with van der Waals surface area (Å²) in [6.07, 6.45) is 8.52. The summed E-state index contributed by atoms with van der Waals surface area (Å²) in [5.74, 6) is 2.04. The number of hydrogen-bond donors (Lipinski definition) is 1. The summed E-state index contributed by atoms with van der Waals surface area (Å²) in [5.41, 5.74) is 1.08. The van der Waals surface area contributed by atoms with Gasteiger partial charge in [0.2, 0.25) is 5.91 Å². The molecule has 2 aliphatic carbocycles. The number of nitrogens with one attached hydrogen (secondary N) is 1. The van der Waals surface area contributed by atoms with Gasteiger partial charge in [0.05, 0.1) is 12.2 Å². The quantitative estimate of drug-likeness (QED) is 0.900. The highest BCUT2D eigenvalue weighted by atomic mass is 16.5. The van der Waals surface area contributed by atoms with E-state index in [0.717, 1.165) is 30.9 Å². The van der Waals surface area contributed by atoms with E-state index in [0.29, 0.717) is 12.5 Å². The highest BCUT2D eigenvalue weighted by Crippen LogP contribution is 2.54. The minimum absolute atomic E-state index is 0.0348. The number of aryl methyl sites for hydroxylation is 1. The van der Waals surface area contributed by atoms with Crippen LogP contribution in [0.15, 0.2) is 12.4 Å². The maximum Gasteiger partial charge on any atom is 0.223 e. The van der Waals surface area contributed by atoms with Gasteiger partial charge in [0.25, 0.3) is 0 Å². The Hall–Kier alpha value is -1.36. The largest absolute Gasteiger partial charge is 0.371 e. The van der Waals surface area contributed by atoms with Crippen LogP contribution in [0.5, 0.6) is 0 Å². The van der Waals surface area contributed by atoms with Crippen LogP contribution in [0.2, 0.25) is 0 Å². The number of aromatic nitrogens is 2. The number of carbonyl (C=O) groups is 1. The average molecular weight is 289 g/mol. The van der Waals surface area contributed by atoms with Gasteiger partial charge in [0.1, 0.15) is 6.10 Å². The zero-order chi connectivity index (χ0) is 14.4. The van der Waals surface area contributed by atoms with Crippen LogP contribution in [0.1, 0.15) is 44.3 Å². The van der Waals surface area contributed by atoms with Crippen LogP contribution in [-0.2, 0) is 16.1 Å². The van der Waals surface area contributed by atoms with Crippen molar-refractivity contribution in [2.24, 2.45) is 17.8 Å². The van der Waals surface area contributed by atoms with E-state index in [-0.39, 0.29) is 24.0 Å². The Bertz CT molecular complexity index is 537. The third-order valence-electron chi connectivity index (χ3n) is 5.13. The molecule has 3 aliphatic rings. The molecule has 5 heteroatoms. The summed E-state index contributed by atoms with van der Waals surface area (Å²) < 4.78 is 7.73. The molecule has 5 nitrogen and oxygen atoms in total. The van der Waals surface area contributed by atoms with Gasteiger partial charge < -0.3 is 10.1 Å². The first kappa shape index (κ1) is 13.3. The van der Waals surface area contributed by atoms with Crippen molar-refractivity contribution in [1.82, 2.24) is 15.1 Å². The fraction of sp³-hybridized carbons (Fsp3) is 0.750. The van der Waals surface area contributed by atoms with Crippen LogP contribution in [-0.4, -0.2) is 28.3 Å². The lowest BCUT2D eigenvalue weighted by molar-refractivity contribution is -0.123. The third kappa shape index (κ3) is 2.59. The lowest BCUT2D eigenvalue weighted by atomic mass is 10.0. The van der Waals surface area contributed by atoms with Crippen molar-refractivity contribution in [3.63, 3.8) is 0 Å². The second kappa shape index (κ2) is 5.13. The minimum atomic E-state index is -0.0348. The highest BCUT2D eigenvalue weighted by Gasteiger charge is 2.51. The van der Waals surface area contributed by atoms with Crippen molar-refractivity contribution in [3.8, 4) is 0 Å². The number of rotatable bonds is 5. The van der Waals surface area contributed by atoms with Crippen molar-refractivity contribution in [1.29, 1.82) is 0 Å². The summed E-state index contributed by atoms with van der Waals surface area (Å²) in [6.45, 7) is 3.63. The second-order valence-corrected chi connectivity index (χ2v) is 6.67. The van der Waals surface area contributed by atoms with E-state index in [1.165, 1.54) is 12.8 Å². The third-order valence-corrected chi connectivity index (χ3v) is 5.13. The number of ether oxygens (including phenoxy) is 1. The van der Waals surface area contributed by atoms with Gasteiger partial charge in [0.15, 0.2) is 0 Å². The first-order valence-corrected chi connectivity index (χ1v) is 8.20. The van der Waals surface area contributed by atoms with Crippen LogP contribution < -0.4 is 5.32 Å². The van der Waals surface area contributed by atoms with Crippen molar-refractivity contribution < 1.29 is 9.53 Å². The average Bonchev–Trinajstić information content (AvgIpc) is 3.37. The summed E-state index contributed by atoms with van der Waals surface area (Å²) >= 11 is 0. The number of amides is 1. The molecular weight excluding hydrogens is 266 g/mol. The normalized spacial score (nSPS) is 34.9. The lowest BCUT2D eigenvalue weighted by Gasteiger charge is -2.19. The Balaban J connectivity index is 1.38. The molecule has 0 spiro atoms.